The van der Waals surface area contributed by atoms with E-state index in [1.165, 1.54) is 11.1 Å². The summed E-state index contributed by atoms with van der Waals surface area (Å²) in [6, 6.07) is 8.26. The van der Waals surface area contributed by atoms with Crippen LogP contribution in [0.25, 0.3) is 0 Å². The predicted molar refractivity (Wildman–Crippen MR) is 82.9 cm³/mol. The summed E-state index contributed by atoms with van der Waals surface area (Å²) < 4.78 is 1.84. The Hall–Kier alpha value is -1.82. The summed E-state index contributed by atoms with van der Waals surface area (Å²) in [4.78, 5) is 13.6. The smallest absolute Gasteiger partial charge is 0.233 e. The van der Waals surface area contributed by atoms with Gasteiger partial charge in [0, 0.05) is 6.54 Å². The second-order valence-electron chi connectivity index (χ2n) is 5.11. The monoisotopic (exact) mass is 302 g/mol. The maximum absolute atomic E-state index is 11.8. The number of aromatic nitrogens is 3. The third-order valence-electron chi connectivity index (χ3n) is 3.71. The van der Waals surface area contributed by atoms with Crippen LogP contribution in [0.3, 0.4) is 0 Å². The molecule has 1 aliphatic heterocycles. The van der Waals surface area contributed by atoms with Crippen LogP contribution in [0.2, 0.25) is 0 Å². The molecule has 0 radical (unpaired) electrons. The van der Waals surface area contributed by atoms with Gasteiger partial charge in [-0.2, -0.15) is 0 Å². The van der Waals surface area contributed by atoms with Gasteiger partial charge in [-0.1, -0.05) is 29.5 Å². The lowest BCUT2D eigenvalue weighted by atomic mass is 10.1. The normalized spacial score (nSPS) is 18.5. The molecule has 110 valence electrons. The number of hydrogen-bond acceptors (Lipinski definition) is 4. The fourth-order valence-electron chi connectivity index (χ4n) is 2.51. The number of benzene rings is 1. The van der Waals surface area contributed by atoms with Crippen molar-refractivity contribution in [2.24, 2.45) is 0 Å². The zero-order valence-corrected chi connectivity index (χ0v) is 13.0. The van der Waals surface area contributed by atoms with Gasteiger partial charge in [-0.3, -0.25) is 4.79 Å². The molecule has 1 unspecified atom stereocenters. The molecule has 1 aromatic carbocycles. The molecular formula is C15H18N4OS. The van der Waals surface area contributed by atoms with Crippen LogP contribution in [0.4, 0.5) is 0 Å². The maximum Gasteiger partial charge on any atom is 0.233 e. The van der Waals surface area contributed by atoms with Gasteiger partial charge in [-0.05, 0) is 25.0 Å². The Morgan fingerprint density at radius 3 is 2.95 bits per heavy atom. The standard InChI is InChI=1S/C15H18N4OS/c1-3-19-14(20)10-21-15(19)13-9-18(17-16-13)8-12-7-5-4-6-11(12)2/h4-7,9,15H,3,8,10H2,1-2H3. The van der Waals surface area contributed by atoms with Crippen molar-refractivity contribution in [2.75, 3.05) is 12.3 Å². The molecule has 5 nitrogen and oxygen atoms in total. The second kappa shape index (κ2) is 5.89. The van der Waals surface area contributed by atoms with Gasteiger partial charge in [0.1, 0.15) is 11.1 Å². The Kier molecular flexibility index (Phi) is 3.96. The molecule has 1 aromatic heterocycles. The van der Waals surface area contributed by atoms with Crippen LogP contribution in [-0.2, 0) is 11.3 Å². The quantitative estimate of drug-likeness (QED) is 0.869. The van der Waals surface area contributed by atoms with Crippen molar-refractivity contribution in [1.29, 1.82) is 0 Å². The Bertz CT molecular complexity index is 655. The lowest BCUT2D eigenvalue weighted by Gasteiger charge is -2.19. The summed E-state index contributed by atoms with van der Waals surface area (Å²) in [7, 11) is 0. The van der Waals surface area contributed by atoms with Crippen LogP contribution >= 0.6 is 11.8 Å². The average Bonchev–Trinajstić information content (AvgIpc) is 3.07. The van der Waals surface area contributed by atoms with Crippen molar-refractivity contribution in [1.82, 2.24) is 19.9 Å². The SMILES string of the molecule is CCN1C(=O)CSC1c1cn(Cc2ccccc2C)nn1. The summed E-state index contributed by atoms with van der Waals surface area (Å²) in [6.45, 7) is 5.50. The van der Waals surface area contributed by atoms with Gasteiger partial charge in [0.15, 0.2) is 0 Å². The number of hydrogen-bond donors (Lipinski definition) is 0. The zero-order chi connectivity index (χ0) is 14.8. The van der Waals surface area contributed by atoms with E-state index in [0.29, 0.717) is 18.8 Å². The van der Waals surface area contributed by atoms with Crippen molar-refractivity contribution in [2.45, 2.75) is 25.8 Å². The lowest BCUT2D eigenvalue weighted by molar-refractivity contribution is -0.127. The molecule has 1 saturated heterocycles. The third-order valence-corrected chi connectivity index (χ3v) is 4.94. The first-order valence-corrected chi connectivity index (χ1v) is 8.09. The molecule has 1 fully saturated rings. The van der Waals surface area contributed by atoms with Crippen LogP contribution in [-0.4, -0.2) is 38.1 Å². The Morgan fingerprint density at radius 2 is 2.19 bits per heavy atom. The van der Waals surface area contributed by atoms with E-state index in [-0.39, 0.29) is 11.3 Å². The number of carbonyl (C=O) groups is 1. The summed E-state index contributed by atoms with van der Waals surface area (Å²) >= 11 is 1.62. The van der Waals surface area contributed by atoms with Crippen molar-refractivity contribution in [3.63, 3.8) is 0 Å². The van der Waals surface area contributed by atoms with E-state index in [1.807, 2.05) is 34.8 Å². The number of nitrogens with zero attached hydrogens (tertiary/aromatic N) is 4. The number of thioether (sulfide) groups is 1. The van der Waals surface area contributed by atoms with Crippen LogP contribution in [0.1, 0.15) is 29.1 Å². The summed E-state index contributed by atoms with van der Waals surface area (Å²) in [5.41, 5.74) is 3.34. The number of carbonyl (C=O) groups excluding carboxylic acids is 1. The molecule has 0 aliphatic carbocycles. The molecule has 1 amide bonds. The average molecular weight is 302 g/mol. The van der Waals surface area contributed by atoms with E-state index in [4.69, 9.17) is 0 Å². The van der Waals surface area contributed by atoms with Gasteiger partial charge >= 0.3 is 0 Å². The first-order valence-electron chi connectivity index (χ1n) is 7.04. The van der Waals surface area contributed by atoms with Crippen LogP contribution in [0.15, 0.2) is 30.5 Å². The summed E-state index contributed by atoms with van der Waals surface area (Å²) in [6.07, 6.45) is 1.95. The molecule has 0 N–H and O–H groups in total. The van der Waals surface area contributed by atoms with Crippen molar-refractivity contribution < 1.29 is 4.79 Å². The van der Waals surface area contributed by atoms with Crippen LogP contribution in [0, 0.1) is 6.92 Å². The second-order valence-corrected chi connectivity index (χ2v) is 6.18. The molecule has 0 bridgehead atoms. The minimum atomic E-state index is 0.00752. The third kappa shape index (κ3) is 2.81. The summed E-state index contributed by atoms with van der Waals surface area (Å²) in [5, 5.41) is 8.47. The molecule has 1 aliphatic rings. The topological polar surface area (TPSA) is 51.0 Å². The molecule has 2 aromatic rings. The fraction of sp³-hybridized carbons (Fsp3) is 0.400. The molecule has 3 rings (SSSR count). The highest BCUT2D eigenvalue weighted by Crippen LogP contribution is 2.37. The number of rotatable bonds is 4. The highest BCUT2D eigenvalue weighted by atomic mass is 32.2. The van der Waals surface area contributed by atoms with Crippen molar-refractivity contribution in [3.05, 3.63) is 47.3 Å². The number of amides is 1. The largest absolute Gasteiger partial charge is 0.324 e. The van der Waals surface area contributed by atoms with Gasteiger partial charge in [0.2, 0.25) is 5.91 Å². The molecule has 21 heavy (non-hydrogen) atoms. The molecule has 0 spiro atoms. The van der Waals surface area contributed by atoms with Gasteiger partial charge in [-0.25, -0.2) is 4.68 Å². The minimum Gasteiger partial charge on any atom is -0.324 e. The van der Waals surface area contributed by atoms with E-state index in [0.717, 1.165) is 5.69 Å². The van der Waals surface area contributed by atoms with E-state index < -0.39 is 0 Å². The molecular weight excluding hydrogens is 284 g/mol. The van der Waals surface area contributed by atoms with Crippen molar-refractivity contribution >= 4 is 17.7 Å². The first kappa shape index (κ1) is 14.1. The van der Waals surface area contributed by atoms with E-state index in [2.05, 4.69) is 29.4 Å². The first-order chi connectivity index (χ1) is 10.2. The van der Waals surface area contributed by atoms with E-state index in [9.17, 15) is 4.79 Å². The van der Waals surface area contributed by atoms with Gasteiger partial charge in [0.05, 0.1) is 18.5 Å². The van der Waals surface area contributed by atoms with E-state index in [1.54, 1.807) is 11.8 Å². The minimum absolute atomic E-state index is 0.00752. The Balaban J connectivity index is 1.78. The van der Waals surface area contributed by atoms with Crippen molar-refractivity contribution in [3.8, 4) is 0 Å². The zero-order valence-electron chi connectivity index (χ0n) is 12.2. The fourth-order valence-corrected chi connectivity index (χ4v) is 3.70. The molecule has 6 heteroatoms. The molecule has 1 atom stereocenters. The van der Waals surface area contributed by atoms with Crippen LogP contribution < -0.4 is 0 Å². The van der Waals surface area contributed by atoms with Gasteiger partial charge in [0.25, 0.3) is 0 Å². The number of aryl methyl sites for hydroxylation is 1. The molecule has 0 saturated carbocycles. The highest BCUT2D eigenvalue weighted by molar-refractivity contribution is 8.00. The highest BCUT2D eigenvalue weighted by Gasteiger charge is 2.33. The lowest BCUT2D eigenvalue weighted by Crippen LogP contribution is -2.27. The maximum atomic E-state index is 11.8. The van der Waals surface area contributed by atoms with E-state index >= 15 is 0 Å². The van der Waals surface area contributed by atoms with Crippen LogP contribution in [0.5, 0.6) is 0 Å². The Morgan fingerprint density at radius 1 is 1.38 bits per heavy atom. The Labute approximate surface area is 128 Å². The molecule has 2 heterocycles. The predicted octanol–water partition coefficient (Wildman–Crippen LogP) is 2.23. The van der Waals surface area contributed by atoms with Gasteiger partial charge in [-0.15, -0.1) is 16.9 Å². The summed E-state index contributed by atoms with van der Waals surface area (Å²) in [5.74, 6) is 0.712. The van der Waals surface area contributed by atoms with Gasteiger partial charge < -0.3 is 4.90 Å².